The fourth-order valence-electron chi connectivity index (χ4n) is 1.27. The third-order valence-corrected chi connectivity index (χ3v) is 2.31. The van der Waals surface area contributed by atoms with Crippen LogP contribution in [-0.4, -0.2) is 4.98 Å². The second-order valence-electron chi connectivity index (χ2n) is 3.00. The van der Waals surface area contributed by atoms with E-state index in [2.05, 4.69) is 4.98 Å². The molecule has 0 aliphatic heterocycles. The van der Waals surface area contributed by atoms with Crippen molar-refractivity contribution in [2.45, 2.75) is 0 Å². The van der Waals surface area contributed by atoms with Crippen LogP contribution in [0.3, 0.4) is 0 Å². The number of aromatic nitrogens is 1. The summed E-state index contributed by atoms with van der Waals surface area (Å²) in [6.07, 6.45) is 0. The van der Waals surface area contributed by atoms with E-state index in [4.69, 9.17) is 23.2 Å². The fraction of sp³-hybridized carbons (Fsp3) is 0. The van der Waals surface area contributed by atoms with Gasteiger partial charge in [0.2, 0.25) is 5.95 Å². The standard InChI is InChI=1S/C11H6Cl2FN/c12-8-4-7(5-9(13)6-8)10-2-1-3-11(14)15-10/h1-6H. The van der Waals surface area contributed by atoms with E-state index >= 15 is 0 Å². The van der Waals surface area contributed by atoms with Crippen LogP contribution in [0.1, 0.15) is 0 Å². The van der Waals surface area contributed by atoms with Crippen molar-refractivity contribution in [2.75, 3.05) is 0 Å². The average Bonchev–Trinajstić information content (AvgIpc) is 2.16. The fourth-order valence-corrected chi connectivity index (χ4v) is 1.80. The Morgan fingerprint density at radius 3 is 2.27 bits per heavy atom. The second kappa shape index (κ2) is 4.17. The van der Waals surface area contributed by atoms with Gasteiger partial charge in [-0.25, -0.2) is 4.98 Å². The van der Waals surface area contributed by atoms with Crippen LogP contribution in [-0.2, 0) is 0 Å². The Labute approximate surface area is 96.5 Å². The summed E-state index contributed by atoms with van der Waals surface area (Å²) in [5, 5.41) is 1.01. The lowest BCUT2D eigenvalue weighted by Gasteiger charge is -2.02. The van der Waals surface area contributed by atoms with Gasteiger partial charge in [0.1, 0.15) is 0 Å². The molecule has 0 saturated carbocycles. The minimum absolute atomic E-state index is 0.503. The Kier molecular flexibility index (Phi) is 2.89. The predicted octanol–water partition coefficient (Wildman–Crippen LogP) is 4.19. The molecule has 0 amide bonds. The van der Waals surface area contributed by atoms with Crippen molar-refractivity contribution in [3.63, 3.8) is 0 Å². The molecule has 15 heavy (non-hydrogen) atoms. The van der Waals surface area contributed by atoms with Gasteiger partial charge in [0.15, 0.2) is 0 Å². The van der Waals surface area contributed by atoms with Gasteiger partial charge in [-0.1, -0.05) is 29.3 Å². The number of hydrogen-bond donors (Lipinski definition) is 0. The lowest BCUT2D eigenvalue weighted by Crippen LogP contribution is -1.86. The summed E-state index contributed by atoms with van der Waals surface area (Å²) < 4.78 is 12.9. The Bertz CT molecular complexity index is 479. The van der Waals surface area contributed by atoms with Gasteiger partial charge < -0.3 is 0 Å². The topological polar surface area (TPSA) is 12.9 Å². The molecule has 76 valence electrons. The first-order valence-corrected chi connectivity index (χ1v) is 5.00. The van der Waals surface area contributed by atoms with Gasteiger partial charge >= 0.3 is 0 Å². The van der Waals surface area contributed by atoms with Gasteiger partial charge in [-0.05, 0) is 30.3 Å². The quantitative estimate of drug-likeness (QED) is 0.683. The van der Waals surface area contributed by atoms with Crippen LogP contribution < -0.4 is 0 Å². The number of nitrogens with zero attached hydrogens (tertiary/aromatic N) is 1. The molecule has 0 aliphatic carbocycles. The molecule has 0 spiro atoms. The summed E-state index contributed by atoms with van der Waals surface area (Å²) in [4.78, 5) is 3.74. The Morgan fingerprint density at radius 2 is 1.67 bits per heavy atom. The smallest absolute Gasteiger partial charge is 0.213 e. The number of hydrogen-bond acceptors (Lipinski definition) is 1. The Hall–Kier alpha value is -1.12. The highest BCUT2D eigenvalue weighted by Crippen LogP contribution is 2.25. The molecule has 0 bridgehead atoms. The second-order valence-corrected chi connectivity index (χ2v) is 3.88. The SMILES string of the molecule is Fc1cccc(-c2cc(Cl)cc(Cl)c2)n1. The maximum Gasteiger partial charge on any atom is 0.213 e. The maximum atomic E-state index is 12.9. The molecule has 1 heterocycles. The maximum absolute atomic E-state index is 12.9. The molecule has 2 aromatic rings. The molecule has 1 aromatic carbocycles. The summed E-state index contributed by atoms with van der Waals surface area (Å²) >= 11 is 11.7. The van der Waals surface area contributed by atoms with E-state index in [0.717, 1.165) is 0 Å². The summed E-state index contributed by atoms with van der Waals surface area (Å²) in [7, 11) is 0. The first-order chi connectivity index (χ1) is 7.15. The van der Waals surface area contributed by atoms with Gasteiger partial charge in [-0.2, -0.15) is 4.39 Å². The zero-order chi connectivity index (χ0) is 10.8. The highest BCUT2D eigenvalue weighted by molar-refractivity contribution is 6.35. The molecule has 1 nitrogen and oxygen atoms in total. The monoisotopic (exact) mass is 241 g/mol. The highest BCUT2D eigenvalue weighted by Gasteiger charge is 2.03. The normalized spacial score (nSPS) is 10.3. The van der Waals surface area contributed by atoms with E-state index in [0.29, 0.717) is 21.3 Å². The number of rotatable bonds is 1. The van der Waals surface area contributed by atoms with Crippen LogP contribution >= 0.6 is 23.2 Å². The predicted molar refractivity (Wildman–Crippen MR) is 59.7 cm³/mol. The summed E-state index contributed by atoms with van der Waals surface area (Å²) in [5.74, 6) is -0.524. The van der Waals surface area contributed by atoms with Gasteiger partial charge in [0, 0.05) is 15.6 Å². The number of benzene rings is 1. The van der Waals surface area contributed by atoms with Crippen LogP contribution in [0, 0.1) is 5.95 Å². The van der Waals surface area contributed by atoms with Gasteiger partial charge in [-0.15, -0.1) is 0 Å². The van der Waals surface area contributed by atoms with Crippen LogP contribution in [0.15, 0.2) is 36.4 Å². The van der Waals surface area contributed by atoms with Gasteiger partial charge in [-0.3, -0.25) is 0 Å². The highest BCUT2D eigenvalue weighted by atomic mass is 35.5. The molecule has 2 rings (SSSR count). The van der Waals surface area contributed by atoms with E-state index in [1.165, 1.54) is 6.07 Å². The van der Waals surface area contributed by atoms with E-state index in [1.54, 1.807) is 30.3 Å². The van der Waals surface area contributed by atoms with Crippen LogP contribution in [0.5, 0.6) is 0 Å². The van der Waals surface area contributed by atoms with E-state index < -0.39 is 5.95 Å². The molecule has 4 heteroatoms. The summed E-state index contributed by atoms with van der Waals surface area (Å²) in [5.41, 5.74) is 1.21. The van der Waals surface area contributed by atoms with E-state index in [9.17, 15) is 4.39 Å². The van der Waals surface area contributed by atoms with Gasteiger partial charge in [0.05, 0.1) is 5.69 Å². The number of pyridine rings is 1. The molecule has 0 N–H and O–H groups in total. The summed E-state index contributed by atoms with van der Waals surface area (Å²) in [6, 6.07) is 9.57. The lowest BCUT2D eigenvalue weighted by atomic mass is 10.1. The molecular weight excluding hydrogens is 236 g/mol. The first-order valence-electron chi connectivity index (χ1n) is 4.24. The molecule has 0 radical (unpaired) electrons. The lowest BCUT2D eigenvalue weighted by molar-refractivity contribution is 0.585. The first kappa shape index (κ1) is 10.4. The van der Waals surface area contributed by atoms with Crippen molar-refractivity contribution in [2.24, 2.45) is 0 Å². The molecule has 0 unspecified atom stereocenters. The zero-order valence-corrected chi connectivity index (χ0v) is 9.06. The largest absolute Gasteiger partial charge is 0.220 e. The average molecular weight is 242 g/mol. The van der Waals surface area contributed by atoms with Crippen molar-refractivity contribution in [3.8, 4) is 11.3 Å². The molecule has 1 aromatic heterocycles. The third-order valence-electron chi connectivity index (χ3n) is 1.87. The van der Waals surface area contributed by atoms with Crippen molar-refractivity contribution in [1.29, 1.82) is 0 Å². The van der Waals surface area contributed by atoms with Crippen molar-refractivity contribution >= 4 is 23.2 Å². The van der Waals surface area contributed by atoms with Crippen molar-refractivity contribution < 1.29 is 4.39 Å². The summed E-state index contributed by atoms with van der Waals surface area (Å²) in [6.45, 7) is 0. The number of halogens is 3. The molecular formula is C11H6Cl2FN. The van der Waals surface area contributed by atoms with Crippen LogP contribution in [0.25, 0.3) is 11.3 Å². The molecule has 0 fully saturated rings. The van der Waals surface area contributed by atoms with Crippen molar-refractivity contribution in [1.82, 2.24) is 4.98 Å². The Morgan fingerprint density at radius 1 is 1.00 bits per heavy atom. The third kappa shape index (κ3) is 2.46. The van der Waals surface area contributed by atoms with Crippen LogP contribution in [0.4, 0.5) is 4.39 Å². The van der Waals surface area contributed by atoms with Gasteiger partial charge in [0.25, 0.3) is 0 Å². The van der Waals surface area contributed by atoms with Crippen LogP contribution in [0.2, 0.25) is 10.0 Å². The molecule has 0 aliphatic rings. The zero-order valence-electron chi connectivity index (χ0n) is 7.55. The minimum atomic E-state index is -0.524. The molecule has 0 saturated heterocycles. The van der Waals surface area contributed by atoms with E-state index in [1.807, 2.05) is 0 Å². The molecule has 0 atom stereocenters. The minimum Gasteiger partial charge on any atom is -0.220 e. The van der Waals surface area contributed by atoms with Crippen molar-refractivity contribution in [3.05, 3.63) is 52.4 Å². The van der Waals surface area contributed by atoms with E-state index in [-0.39, 0.29) is 0 Å². The Balaban J connectivity index is 2.54.